The van der Waals surface area contributed by atoms with Gasteiger partial charge in [0.15, 0.2) is 5.78 Å². The quantitative estimate of drug-likeness (QED) is 0.604. The van der Waals surface area contributed by atoms with Crippen LogP contribution in [0.25, 0.3) is 0 Å². The van der Waals surface area contributed by atoms with Crippen LogP contribution in [0.4, 0.5) is 17.6 Å². The molecule has 1 aromatic rings. The molecular weight excluding hydrogens is 322 g/mol. The van der Waals surface area contributed by atoms with E-state index < -0.39 is 18.0 Å². The van der Waals surface area contributed by atoms with Gasteiger partial charge in [-0.15, -0.1) is 0 Å². The minimum Gasteiger partial charge on any atom is -0.294 e. The third kappa shape index (κ3) is 3.79. The topological polar surface area (TPSA) is 20.3 Å². The lowest BCUT2D eigenvalue weighted by Gasteiger charge is -2.36. The van der Waals surface area contributed by atoms with Crippen LogP contribution in [0, 0.1) is 11.7 Å². The zero-order valence-corrected chi connectivity index (χ0v) is 12.7. The van der Waals surface area contributed by atoms with Crippen LogP contribution in [0.5, 0.6) is 0 Å². The van der Waals surface area contributed by atoms with Crippen molar-refractivity contribution in [3.05, 3.63) is 34.6 Å². The normalized spacial score (nSPS) is 19.2. The Morgan fingerprint density at radius 1 is 1.32 bits per heavy atom. The molecule has 2 rings (SSSR count). The number of piperidine rings is 1. The standard InChI is InChI=1S/C15H16ClF4NO/c1-9(15(18,19)20)21-6-4-10(5-7-21)14(22)11-2-3-13(17)12(16)8-11/h2-3,8-10H,4-7H2,1H3. The fourth-order valence-electron chi connectivity index (χ4n) is 2.64. The van der Waals surface area contributed by atoms with Crippen LogP contribution in [0.1, 0.15) is 30.1 Å². The number of Topliss-reactive ketones (excluding diaryl/α,β-unsaturated/α-hetero) is 1. The van der Waals surface area contributed by atoms with Gasteiger partial charge in [0.05, 0.1) is 5.02 Å². The maximum absolute atomic E-state index is 13.1. The first-order valence-electron chi connectivity index (χ1n) is 7.00. The highest BCUT2D eigenvalue weighted by Crippen LogP contribution is 2.30. The number of halogens is 5. The zero-order valence-electron chi connectivity index (χ0n) is 12.0. The number of benzene rings is 1. The molecule has 0 aromatic heterocycles. The summed E-state index contributed by atoms with van der Waals surface area (Å²) in [4.78, 5) is 13.6. The lowest BCUT2D eigenvalue weighted by Crippen LogP contribution is -2.48. The molecule has 0 spiro atoms. The predicted molar refractivity (Wildman–Crippen MR) is 75.6 cm³/mol. The summed E-state index contributed by atoms with van der Waals surface area (Å²) >= 11 is 5.65. The van der Waals surface area contributed by atoms with Gasteiger partial charge in [0.25, 0.3) is 0 Å². The van der Waals surface area contributed by atoms with Gasteiger partial charge in [-0.2, -0.15) is 13.2 Å². The van der Waals surface area contributed by atoms with E-state index in [1.165, 1.54) is 17.0 Å². The Balaban J connectivity index is 1.99. The van der Waals surface area contributed by atoms with Gasteiger partial charge in [0.2, 0.25) is 0 Å². The van der Waals surface area contributed by atoms with Crippen molar-refractivity contribution in [3.63, 3.8) is 0 Å². The Bertz CT molecular complexity index is 553. The van der Waals surface area contributed by atoms with E-state index in [4.69, 9.17) is 11.6 Å². The smallest absolute Gasteiger partial charge is 0.294 e. The van der Waals surface area contributed by atoms with Gasteiger partial charge in [-0.1, -0.05) is 11.6 Å². The van der Waals surface area contributed by atoms with Gasteiger partial charge >= 0.3 is 6.18 Å². The van der Waals surface area contributed by atoms with Crippen molar-refractivity contribution >= 4 is 17.4 Å². The average molecular weight is 338 g/mol. The molecule has 22 heavy (non-hydrogen) atoms. The molecule has 1 atom stereocenters. The molecule has 0 saturated carbocycles. The van der Waals surface area contributed by atoms with E-state index in [0.29, 0.717) is 18.4 Å². The highest BCUT2D eigenvalue weighted by molar-refractivity contribution is 6.31. The molecule has 1 heterocycles. The van der Waals surface area contributed by atoms with E-state index in [9.17, 15) is 22.4 Å². The predicted octanol–water partition coefficient (Wildman–Crippen LogP) is 4.32. The van der Waals surface area contributed by atoms with Crippen molar-refractivity contribution in [1.82, 2.24) is 4.90 Å². The number of ketones is 1. The third-order valence-electron chi connectivity index (χ3n) is 4.13. The average Bonchev–Trinajstić information content (AvgIpc) is 2.48. The monoisotopic (exact) mass is 337 g/mol. The van der Waals surface area contributed by atoms with E-state index in [2.05, 4.69) is 0 Å². The molecule has 1 fully saturated rings. The van der Waals surface area contributed by atoms with Gasteiger partial charge in [0, 0.05) is 11.5 Å². The summed E-state index contributed by atoms with van der Waals surface area (Å²) in [5, 5.41) is -0.131. The molecule has 0 N–H and O–H groups in total. The van der Waals surface area contributed by atoms with Crippen molar-refractivity contribution in [3.8, 4) is 0 Å². The Kier molecular flexibility index (Phi) is 5.12. The Morgan fingerprint density at radius 2 is 1.91 bits per heavy atom. The lowest BCUT2D eigenvalue weighted by molar-refractivity contribution is -0.181. The van der Waals surface area contributed by atoms with Crippen molar-refractivity contribution in [2.24, 2.45) is 5.92 Å². The SMILES string of the molecule is CC(N1CCC(C(=O)c2ccc(F)c(Cl)c2)CC1)C(F)(F)F. The minimum absolute atomic E-state index is 0.131. The second-order valence-corrected chi connectivity index (χ2v) is 5.93. The van der Waals surface area contributed by atoms with Crippen LogP contribution < -0.4 is 0 Å². The first kappa shape index (κ1) is 17.2. The number of alkyl halides is 3. The fraction of sp³-hybridized carbons (Fsp3) is 0.533. The largest absolute Gasteiger partial charge is 0.403 e. The van der Waals surface area contributed by atoms with Crippen LogP contribution in [0.3, 0.4) is 0 Å². The summed E-state index contributed by atoms with van der Waals surface area (Å²) in [6, 6.07) is 2.23. The maximum Gasteiger partial charge on any atom is 0.403 e. The summed E-state index contributed by atoms with van der Waals surface area (Å²) in [5.41, 5.74) is 0.300. The van der Waals surface area contributed by atoms with Gasteiger partial charge in [0.1, 0.15) is 11.9 Å². The van der Waals surface area contributed by atoms with Crippen LogP contribution in [-0.4, -0.2) is 36.0 Å². The summed E-state index contributed by atoms with van der Waals surface area (Å²) in [5.74, 6) is -1.15. The molecule has 1 aliphatic rings. The van der Waals surface area contributed by atoms with Crippen LogP contribution in [-0.2, 0) is 0 Å². The van der Waals surface area contributed by atoms with E-state index in [1.807, 2.05) is 0 Å². The maximum atomic E-state index is 13.1. The summed E-state index contributed by atoms with van der Waals surface area (Å²) in [6.07, 6.45) is -3.55. The Morgan fingerprint density at radius 3 is 2.41 bits per heavy atom. The number of likely N-dealkylation sites (tertiary alicyclic amines) is 1. The molecule has 0 aliphatic carbocycles. The van der Waals surface area contributed by atoms with Gasteiger partial charge in [-0.25, -0.2) is 4.39 Å². The molecule has 0 bridgehead atoms. The van der Waals surface area contributed by atoms with E-state index in [0.717, 1.165) is 13.0 Å². The number of rotatable bonds is 3. The third-order valence-corrected chi connectivity index (χ3v) is 4.42. The van der Waals surface area contributed by atoms with Gasteiger partial charge in [-0.3, -0.25) is 9.69 Å². The molecule has 7 heteroatoms. The zero-order chi connectivity index (χ0) is 16.5. The second-order valence-electron chi connectivity index (χ2n) is 5.52. The molecule has 122 valence electrons. The molecule has 1 saturated heterocycles. The Hall–Kier alpha value is -1.14. The van der Waals surface area contributed by atoms with Gasteiger partial charge in [-0.05, 0) is 51.1 Å². The molecule has 2 nitrogen and oxygen atoms in total. The lowest BCUT2D eigenvalue weighted by atomic mass is 9.88. The number of carbonyl (C=O) groups excluding carboxylic acids is 1. The molecule has 1 aliphatic heterocycles. The van der Waals surface area contributed by atoms with Crippen molar-refractivity contribution < 1.29 is 22.4 Å². The number of nitrogens with zero attached hydrogens (tertiary/aromatic N) is 1. The summed E-state index contributed by atoms with van der Waals surface area (Å²) in [6.45, 7) is 1.56. The van der Waals surface area contributed by atoms with E-state index in [-0.39, 0.29) is 29.8 Å². The second kappa shape index (κ2) is 6.54. The molecule has 0 amide bonds. The highest BCUT2D eigenvalue weighted by atomic mass is 35.5. The minimum atomic E-state index is -4.26. The van der Waals surface area contributed by atoms with Crippen molar-refractivity contribution in [1.29, 1.82) is 0 Å². The number of carbonyl (C=O) groups is 1. The van der Waals surface area contributed by atoms with Crippen molar-refractivity contribution in [2.45, 2.75) is 32.0 Å². The first-order valence-corrected chi connectivity index (χ1v) is 7.38. The molecular formula is C15H16ClF4NO. The summed E-state index contributed by atoms with van der Waals surface area (Å²) in [7, 11) is 0. The first-order chi connectivity index (χ1) is 10.2. The van der Waals surface area contributed by atoms with Crippen LogP contribution in [0.15, 0.2) is 18.2 Å². The Labute approximate surface area is 131 Å². The molecule has 1 aromatic carbocycles. The van der Waals surface area contributed by atoms with Gasteiger partial charge < -0.3 is 0 Å². The highest BCUT2D eigenvalue weighted by Gasteiger charge is 2.41. The number of hydrogen-bond acceptors (Lipinski definition) is 2. The van der Waals surface area contributed by atoms with Crippen molar-refractivity contribution in [2.75, 3.05) is 13.1 Å². The molecule has 0 radical (unpaired) electrons. The van der Waals surface area contributed by atoms with E-state index >= 15 is 0 Å². The molecule has 1 unspecified atom stereocenters. The fourth-order valence-corrected chi connectivity index (χ4v) is 2.82. The van der Waals surface area contributed by atoms with E-state index in [1.54, 1.807) is 0 Å². The van der Waals surface area contributed by atoms with Crippen LogP contribution in [0.2, 0.25) is 5.02 Å². The number of hydrogen-bond donors (Lipinski definition) is 0. The summed E-state index contributed by atoms with van der Waals surface area (Å²) < 4.78 is 51.1. The van der Waals surface area contributed by atoms with Crippen LogP contribution >= 0.6 is 11.6 Å².